The van der Waals surface area contributed by atoms with Crippen molar-refractivity contribution in [1.29, 1.82) is 0 Å². The van der Waals surface area contributed by atoms with Crippen molar-refractivity contribution in [2.45, 2.75) is 25.8 Å². The third kappa shape index (κ3) is 4.52. The van der Waals surface area contributed by atoms with Gasteiger partial charge in [0.2, 0.25) is 0 Å². The first kappa shape index (κ1) is 17.4. The quantitative estimate of drug-likeness (QED) is 0.535. The van der Waals surface area contributed by atoms with Gasteiger partial charge in [-0.1, -0.05) is 30.7 Å². The minimum absolute atomic E-state index is 0.122. The van der Waals surface area contributed by atoms with Crippen LogP contribution in [0.5, 0.6) is 0 Å². The molecule has 0 amide bonds. The highest BCUT2D eigenvalue weighted by Crippen LogP contribution is 2.37. The Kier molecular flexibility index (Phi) is 6.69. The zero-order valence-corrected chi connectivity index (χ0v) is 16.2. The topological polar surface area (TPSA) is 12.0 Å². The van der Waals surface area contributed by atoms with Gasteiger partial charge < -0.3 is 5.32 Å². The molecule has 0 saturated heterocycles. The molecule has 6 heteroatoms. The minimum Gasteiger partial charge on any atom is -0.309 e. The van der Waals surface area contributed by atoms with Gasteiger partial charge in [-0.3, -0.25) is 0 Å². The van der Waals surface area contributed by atoms with Crippen molar-refractivity contribution in [2.75, 3.05) is 6.54 Å². The van der Waals surface area contributed by atoms with Crippen molar-refractivity contribution in [1.82, 2.24) is 5.32 Å². The molecule has 0 fully saturated rings. The van der Waals surface area contributed by atoms with Crippen molar-refractivity contribution in [3.63, 3.8) is 0 Å². The molecule has 0 radical (unpaired) electrons. The van der Waals surface area contributed by atoms with E-state index in [0.717, 1.165) is 26.8 Å². The van der Waals surface area contributed by atoms with E-state index in [0.29, 0.717) is 6.42 Å². The van der Waals surface area contributed by atoms with E-state index in [4.69, 9.17) is 11.6 Å². The fourth-order valence-corrected chi connectivity index (χ4v) is 4.42. The van der Waals surface area contributed by atoms with Crippen LogP contribution in [0.1, 0.15) is 29.8 Å². The molecule has 0 spiro atoms. The standard InChI is InChI=1S/C15H15Br2ClFNS/c1-2-6-20-12(13-8-10(16)15(17)21-13)7-9-4-3-5-11(19)14(9)18/h3-5,8,12,20H,2,6-7H2,1H3. The molecule has 114 valence electrons. The Labute approximate surface area is 150 Å². The largest absolute Gasteiger partial charge is 0.309 e. The van der Waals surface area contributed by atoms with Gasteiger partial charge in [-0.05, 0) is 68.9 Å². The summed E-state index contributed by atoms with van der Waals surface area (Å²) >= 11 is 14.8. The molecule has 1 aromatic carbocycles. The molecule has 1 heterocycles. The summed E-state index contributed by atoms with van der Waals surface area (Å²) < 4.78 is 15.7. The molecule has 0 aliphatic heterocycles. The monoisotopic (exact) mass is 453 g/mol. The van der Waals surface area contributed by atoms with Gasteiger partial charge in [0.25, 0.3) is 0 Å². The van der Waals surface area contributed by atoms with Gasteiger partial charge in [-0.2, -0.15) is 0 Å². The minimum atomic E-state index is -0.364. The Bertz CT molecular complexity index is 598. The molecule has 1 N–H and O–H groups in total. The summed E-state index contributed by atoms with van der Waals surface area (Å²) in [5.74, 6) is -0.364. The van der Waals surface area contributed by atoms with E-state index < -0.39 is 0 Å². The van der Waals surface area contributed by atoms with Gasteiger partial charge >= 0.3 is 0 Å². The van der Waals surface area contributed by atoms with Crippen molar-refractivity contribution >= 4 is 54.8 Å². The van der Waals surface area contributed by atoms with Crippen LogP contribution in [0.25, 0.3) is 0 Å². The van der Waals surface area contributed by atoms with Crippen LogP contribution < -0.4 is 5.32 Å². The lowest BCUT2D eigenvalue weighted by Gasteiger charge is -2.18. The van der Waals surface area contributed by atoms with Crippen LogP contribution in [-0.4, -0.2) is 6.54 Å². The fraction of sp³-hybridized carbons (Fsp3) is 0.333. The van der Waals surface area contributed by atoms with Crippen molar-refractivity contribution in [3.05, 3.63) is 53.8 Å². The predicted octanol–water partition coefficient (Wildman–Crippen LogP) is 6.35. The first-order chi connectivity index (χ1) is 10.0. The summed E-state index contributed by atoms with van der Waals surface area (Å²) in [5, 5.41) is 3.73. The first-order valence-electron chi connectivity index (χ1n) is 6.64. The second-order valence-corrected chi connectivity index (χ2v) is 8.33. The van der Waals surface area contributed by atoms with E-state index >= 15 is 0 Å². The molecule has 1 unspecified atom stereocenters. The predicted molar refractivity (Wildman–Crippen MR) is 95.9 cm³/mol. The van der Waals surface area contributed by atoms with Crippen LogP contribution in [0, 0.1) is 5.82 Å². The van der Waals surface area contributed by atoms with Gasteiger partial charge in [-0.15, -0.1) is 11.3 Å². The zero-order valence-electron chi connectivity index (χ0n) is 11.4. The number of halogens is 4. The first-order valence-corrected chi connectivity index (χ1v) is 9.42. The molecule has 0 aliphatic carbocycles. The number of nitrogens with one attached hydrogen (secondary N) is 1. The van der Waals surface area contributed by atoms with Crippen molar-refractivity contribution < 1.29 is 4.39 Å². The van der Waals surface area contributed by atoms with Crippen molar-refractivity contribution in [3.8, 4) is 0 Å². The number of benzene rings is 1. The van der Waals surface area contributed by atoms with Gasteiger partial charge in [0.1, 0.15) is 5.82 Å². The average molecular weight is 456 g/mol. The molecular formula is C15H15Br2ClFNS. The van der Waals surface area contributed by atoms with E-state index in [9.17, 15) is 4.39 Å². The maximum absolute atomic E-state index is 13.6. The smallest absolute Gasteiger partial charge is 0.142 e. The summed E-state index contributed by atoms with van der Waals surface area (Å²) in [4.78, 5) is 1.20. The van der Waals surface area contributed by atoms with Gasteiger partial charge in [0.05, 0.1) is 8.81 Å². The van der Waals surface area contributed by atoms with E-state index in [1.807, 2.05) is 6.07 Å². The molecule has 0 bridgehead atoms. The van der Waals surface area contributed by atoms with Gasteiger partial charge in [-0.25, -0.2) is 4.39 Å². The maximum atomic E-state index is 13.6. The van der Waals surface area contributed by atoms with Crippen LogP contribution in [0.2, 0.25) is 5.02 Å². The van der Waals surface area contributed by atoms with E-state index in [2.05, 4.69) is 50.2 Å². The molecule has 1 aromatic heterocycles. The van der Waals surface area contributed by atoms with Crippen LogP contribution in [0.15, 0.2) is 32.5 Å². The van der Waals surface area contributed by atoms with E-state index in [-0.39, 0.29) is 16.9 Å². The summed E-state index contributed by atoms with van der Waals surface area (Å²) in [6, 6.07) is 7.18. The Morgan fingerprint density at radius 1 is 1.38 bits per heavy atom. The third-order valence-electron chi connectivity index (χ3n) is 3.10. The Balaban J connectivity index is 2.26. The van der Waals surface area contributed by atoms with E-state index in [1.54, 1.807) is 17.4 Å². The lowest BCUT2D eigenvalue weighted by Crippen LogP contribution is -2.23. The normalized spacial score (nSPS) is 12.6. The fourth-order valence-electron chi connectivity index (χ4n) is 2.05. The Morgan fingerprint density at radius 3 is 2.76 bits per heavy atom. The molecule has 1 nitrogen and oxygen atoms in total. The third-order valence-corrected chi connectivity index (χ3v) is 6.90. The highest BCUT2D eigenvalue weighted by Gasteiger charge is 2.18. The Morgan fingerprint density at radius 2 is 2.14 bits per heavy atom. The zero-order chi connectivity index (χ0) is 15.4. The average Bonchev–Trinajstić information content (AvgIpc) is 2.79. The molecule has 1 atom stereocenters. The number of hydrogen-bond acceptors (Lipinski definition) is 2. The van der Waals surface area contributed by atoms with Gasteiger partial charge in [0, 0.05) is 15.4 Å². The summed E-state index contributed by atoms with van der Waals surface area (Å²) in [7, 11) is 0. The van der Waals surface area contributed by atoms with Crippen LogP contribution in [0.4, 0.5) is 4.39 Å². The maximum Gasteiger partial charge on any atom is 0.142 e. The number of thiophene rings is 1. The second kappa shape index (κ2) is 8.06. The lowest BCUT2D eigenvalue weighted by molar-refractivity contribution is 0.534. The summed E-state index contributed by atoms with van der Waals surface area (Å²) in [6.07, 6.45) is 1.71. The van der Waals surface area contributed by atoms with Crippen LogP contribution in [0.3, 0.4) is 0 Å². The Hall–Kier alpha value is 0.0600. The lowest BCUT2D eigenvalue weighted by atomic mass is 10.0. The molecule has 2 rings (SSSR count). The van der Waals surface area contributed by atoms with Crippen molar-refractivity contribution in [2.24, 2.45) is 0 Å². The molecule has 0 aliphatic rings. The number of rotatable bonds is 6. The number of hydrogen-bond donors (Lipinski definition) is 1. The van der Waals surface area contributed by atoms with Crippen LogP contribution >= 0.6 is 54.8 Å². The summed E-state index contributed by atoms with van der Waals surface area (Å²) in [5.41, 5.74) is 0.825. The van der Waals surface area contributed by atoms with Gasteiger partial charge in [0.15, 0.2) is 0 Å². The highest BCUT2D eigenvalue weighted by atomic mass is 79.9. The SMILES string of the molecule is CCCNC(Cc1cccc(F)c1Cl)c1cc(Br)c(Br)s1. The molecule has 0 saturated carbocycles. The summed E-state index contributed by atoms with van der Waals surface area (Å²) in [6.45, 7) is 3.03. The molecular weight excluding hydrogens is 440 g/mol. The highest BCUT2D eigenvalue weighted by molar-refractivity contribution is 9.13. The van der Waals surface area contributed by atoms with E-state index in [1.165, 1.54) is 10.9 Å². The molecule has 21 heavy (non-hydrogen) atoms. The second-order valence-electron chi connectivity index (χ2n) is 4.69. The molecule has 2 aromatic rings. The van der Waals surface area contributed by atoms with Crippen LogP contribution in [-0.2, 0) is 6.42 Å².